The summed E-state index contributed by atoms with van der Waals surface area (Å²) in [7, 11) is 1.36. The zero-order chi connectivity index (χ0) is 19.1. The molecular formula is C20H22N2O3S2. The topological polar surface area (TPSA) is 68.3 Å². The first-order valence-corrected chi connectivity index (χ1v) is 10.6. The maximum atomic E-state index is 12.3. The van der Waals surface area contributed by atoms with Gasteiger partial charge in [0.25, 0.3) is 0 Å². The molecule has 0 aliphatic rings. The molecule has 0 radical (unpaired) electrons. The molecular weight excluding hydrogens is 380 g/mol. The number of nitrogens with zero attached hydrogens (tertiary/aromatic N) is 1. The van der Waals surface area contributed by atoms with Crippen LogP contribution in [0.5, 0.6) is 0 Å². The summed E-state index contributed by atoms with van der Waals surface area (Å²) in [5, 5.41) is 6.01. The van der Waals surface area contributed by atoms with E-state index in [1.165, 1.54) is 23.1 Å². The van der Waals surface area contributed by atoms with E-state index in [0.717, 1.165) is 34.7 Å². The number of amides is 1. The van der Waals surface area contributed by atoms with Crippen molar-refractivity contribution in [2.75, 3.05) is 7.11 Å². The van der Waals surface area contributed by atoms with Crippen LogP contribution in [0.15, 0.2) is 41.8 Å². The van der Waals surface area contributed by atoms with Gasteiger partial charge in [-0.1, -0.05) is 18.2 Å². The van der Waals surface area contributed by atoms with Crippen molar-refractivity contribution in [2.45, 2.75) is 38.1 Å². The molecule has 0 aliphatic heterocycles. The van der Waals surface area contributed by atoms with Gasteiger partial charge in [0.1, 0.15) is 0 Å². The van der Waals surface area contributed by atoms with Crippen molar-refractivity contribution in [3.05, 3.63) is 51.7 Å². The Kier molecular flexibility index (Phi) is 6.95. The largest absolute Gasteiger partial charge is 0.469 e. The van der Waals surface area contributed by atoms with Gasteiger partial charge in [-0.3, -0.25) is 9.59 Å². The first-order chi connectivity index (χ1) is 13.2. The Morgan fingerprint density at radius 1 is 1.19 bits per heavy atom. The van der Waals surface area contributed by atoms with Gasteiger partial charge < -0.3 is 10.1 Å². The van der Waals surface area contributed by atoms with Crippen LogP contribution < -0.4 is 5.32 Å². The van der Waals surface area contributed by atoms with Crippen LogP contribution >= 0.6 is 22.7 Å². The molecule has 0 spiro atoms. The first-order valence-electron chi connectivity index (χ1n) is 8.89. The molecule has 1 unspecified atom stereocenters. The summed E-state index contributed by atoms with van der Waals surface area (Å²) >= 11 is 3.24. The number of hydrogen-bond donors (Lipinski definition) is 1. The van der Waals surface area contributed by atoms with Gasteiger partial charge in [-0.2, -0.15) is 0 Å². The summed E-state index contributed by atoms with van der Waals surface area (Å²) in [5.74, 6) is -0.369. The molecule has 1 N–H and O–H groups in total. The van der Waals surface area contributed by atoms with Gasteiger partial charge in [-0.05, 0) is 42.8 Å². The molecule has 7 heteroatoms. The molecule has 0 aliphatic carbocycles. The van der Waals surface area contributed by atoms with E-state index >= 15 is 0 Å². The number of para-hydroxylation sites is 1. The highest BCUT2D eigenvalue weighted by molar-refractivity contribution is 7.18. The molecule has 1 atom stereocenters. The van der Waals surface area contributed by atoms with E-state index in [4.69, 9.17) is 4.74 Å². The summed E-state index contributed by atoms with van der Waals surface area (Å²) in [6.07, 6.45) is 3.16. The Labute approximate surface area is 166 Å². The van der Waals surface area contributed by atoms with Crippen molar-refractivity contribution >= 4 is 44.8 Å². The third-order valence-corrected chi connectivity index (χ3v) is 6.29. The molecule has 0 saturated carbocycles. The van der Waals surface area contributed by atoms with Gasteiger partial charge in [0.2, 0.25) is 5.91 Å². The molecule has 0 saturated heterocycles. The van der Waals surface area contributed by atoms with Gasteiger partial charge in [-0.15, -0.1) is 22.7 Å². The molecule has 2 aromatic heterocycles. The number of benzene rings is 1. The van der Waals surface area contributed by atoms with Crippen molar-refractivity contribution in [3.8, 4) is 0 Å². The van der Waals surface area contributed by atoms with Crippen LogP contribution in [0.4, 0.5) is 0 Å². The third kappa shape index (κ3) is 5.61. The minimum Gasteiger partial charge on any atom is -0.469 e. The van der Waals surface area contributed by atoms with Crippen molar-refractivity contribution in [2.24, 2.45) is 0 Å². The van der Waals surface area contributed by atoms with E-state index in [9.17, 15) is 9.59 Å². The average molecular weight is 403 g/mol. The molecule has 2 heterocycles. The van der Waals surface area contributed by atoms with Gasteiger partial charge in [-0.25, -0.2) is 4.98 Å². The minimum atomic E-state index is -0.329. The molecule has 0 fully saturated rings. The van der Waals surface area contributed by atoms with Crippen LogP contribution in [0.2, 0.25) is 0 Å². The molecule has 5 nitrogen and oxygen atoms in total. The van der Waals surface area contributed by atoms with Gasteiger partial charge >= 0.3 is 5.97 Å². The molecule has 0 bridgehead atoms. The van der Waals surface area contributed by atoms with Crippen LogP contribution in [0.1, 0.15) is 41.6 Å². The van der Waals surface area contributed by atoms with Crippen molar-refractivity contribution in [1.29, 1.82) is 0 Å². The van der Waals surface area contributed by atoms with E-state index < -0.39 is 0 Å². The maximum Gasteiger partial charge on any atom is 0.307 e. The van der Waals surface area contributed by atoms with E-state index in [1.807, 2.05) is 35.7 Å². The van der Waals surface area contributed by atoms with Crippen LogP contribution in [-0.2, 0) is 20.7 Å². The molecule has 3 aromatic rings. The van der Waals surface area contributed by atoms with Crippen molar-refractivity contribution < 1.29 is 14.3 Å². The van der Waals surface area contributed by atoms with Crippen LogP contribution in [0, 0.1) is 0 Å². The zero-order valence-electron chi connectivity index (χ0n) is 15.1. The van der Waals surface area contributed by atoms with E-state index in [1.54, 1.807) is 11.3 Å². The van der Waals surface area contributed by atoms with Crippen molar-refractivity contribution in [3.63, 3.8) is 0 Å². The second-order valence-corrected chi connectivity index (χ2v) is 8.29. The second kappa shape index (κ2) is 9.62. The number of hydrogen-bond acceptors (Lipinski definition) is 6. The number of nitrogens with one attached hydrogen (secondary N) is 1. The minimum absolute atomic E-state index is 0.0402. The highest BCUT2D eigenvalue weighted by Gasteiger charge is 2.19. The Balaban J connectivity index is 1.45. The number of thiophene rings is 1. The smallest absolute Gasteiger partial charge is 0.307 e. The molecule has 27 heavy (non-hydrogen) atoms. The van der Waals surface area contributed by atoms with Crippen LogP contribution in [0.3, 0.4) is 0 Å². The second-order valence-electron chi connectivity index (χ2n) is 6.20. The summed E-state index contributed by atoms with van der Waals surface area (Å²) in [6, 6.07) is 11.6. The van der Waals surface area contributed by atoms with E-state index in [2.05, 4.69) is 16.4 Å². The highest BCUT2D eigenvalue weighted by Crippen LogP contribution is 2.24. The average Bonchev–Trinajstić information content (AvgIpc) is 3.33. The normalized spacial score (nSPS) is 12.0. The fourth-order valence-corrected chi connectivity index (χ4v) is 4.60. The standard InChI is InChI=1S/C20H22N2O3S2/c1-25-20(24)13-15(16-9-6-12-26-16)21-18(23)10-4-5-11-19-22-14-7-2-3-8-17(14)27-19/h2-3,6-9,12,15H,4-5,10-11,13H2,1H3,(H,21,23). The van der Waals surface area contributed by atoms with Crippen molar-refractivity contribution in [1.82, 2.24) is 10.3 Å². The number of fused-ring (bicyclic) bond motifs is 1. The summed E-state index contributed by atoms with van der Waals surface area (Å²) < 4.78 is 5.94. The molecule has 3 rings (SSSR count). The Bertz CT molecular complexity index is 857. The monoisotopic (exact) mass is 402 g/mol. The summed E-state index contributed by atoms with van der Waals surface area (Å²) in [5.41, 5.74) is 1.04. The highest BCUT2D eigenvalue weighted by atomic mass is 32.1. The van der Waals surface area contributed by atoms with Gasteiger partial charge in [0, 0.05) is 11.3 Å². The van der Waals surface area contributed by atoms with Crippen LogP contribution in [-0.4, -0.2) is 24.0 Å². The number of methoxy groups -OCH3 is 1. The number of carbonyl (C=O) groups is 2. The lowest BCUT2D eigenvalue weighted by Gasteiger charge is -2.16. The molecule has 142 valence electrons. The number of carbonyl (C=O) groups excluding carboxylic acids is 2. The Morgan fingerprint density at radius 3 is 2.78 bits per heavy atom. The fourth-order valence-electron chi connectivity index (χ4n) is 2.82. The quantitative estimate of drug-likeness (QED) is 0.423. The number of aryl methyl sites for hydroxylation is 1. The predicted octanol–water partition coefficient (Wildman–Crippen LogP) is 4.49. The van der Waals surface area contributed by atoms with E-state index in [-0.39, 0.29) is 24.3 Å². The number of unbranched alkanes of at least 4 members (excludes halogenated alkanes) is 1. The summed E-state index contributed by atoms with van der Waals surface area (Å²) in [6.45, 7) is 0. The Hall–Kier alpha value is -2.25. The number of rotatable bonds is 9. The molecule has 1 aromatic carbocycles. The van der Waals surface area contributed by atoms with Crippen LogP contribution in [0.25, 0.3) is 10.2 Å². The third-order valence-electron chi connectivity index (χ3n) is 4.20. The lowest BCUT2D eigenvalue weighted by atomic mass is 10.1. The lowest BCUT2D eigenvalue weighted by molar-refractivity contribution is -0.141. The Morgan fingerprint density at radius 2 is 2.04 bits per heavy atom. The lowest BCUT2D eigenvalue weighted by Crippen LogP contribution is -2.29. The van der Waals surface area contributed by atoms with E-state index in [0.29, 0.717) is 6.42 Å². The zero-order valence-corrected chi connectivity index (χ0v) is 16.8. The maximum absolute atomic E-state index is 12.3. The van der Waals surface area contributed by atoms with Gasteiger partial charge in [0.15, 0.2) is 0 Å². The first kappa shape index (κ1) is 19.5. The SMILES string of the molecule is COC(=O)CC(NC(=O)CCCCc1nc2ccccc2s1)c1cccs1. The summed E-state index contributed by atoms with van der Waals surface area (Å²) in [4.78, 5) is 29.5. The van der Waals surface area contributed by atoms with Gasteiger partial charge in [0.05, 0.1) is 34.8 Å². The number of aromatic nitrogens is 1. The number of esters is 1. The molecule has 1 amide bonds. The number of thiazole rings is 1. The number of ether oxygens (including phenoxy) is 1. The fraction of sp³-hybridized carbons (Fsp3) is 0.350. The predicted molar refractivity (Wildman–Crippen MR) is 109 cm³/mol.